The Labute approximate surface area is 128 Å². The zero-order valence-corrected chi connectivity index (χ0v) is 13.7. The summed E-state index contributed by atoms with van der Waals surface area (Å²) in [5.41, 5.74) is 0.578. The van der Waals surface area contributed by atoms with E-state index in [9.17, 15) is 9.00 Å². The summed E-state index contributed by atoms with van der Waals surface area (Å²) in [4.78, 5) is 18.5. The quantitative estimate of drug-likeness (QED) is 0.917. The van der Waals surface area contributed by atoms with Crippen LogP contribution in [0.3, 0.4) is 0 Å². The fourth-order valence-corrected chi connectivity index (χ4v) is 4.61. The molecule has 5 nitrogen and oxygen atoms in total. The van der Waals surface area contributed by atoms with Crippen molar-refractivity contribution in [3.63, 3.8) is 0 Å². The van der Waals surface area contributed by atoms with Crippen LogP contribution in [0.15, 0.2) is 18.3 Å². The second-order valence-corrected chi connectivity index (χ2v) is 7.28. The first-order valence-electron chi connectivity index (χ1n) is 7.38. The Morgan fingerprint density at radius 3 is 2.81 bits per heavy atom. The van der Waals surface area contributed by atoms with Crippen LogP contribution in [-0.4, -0.2) is 45.7 Å². The lowest BCUT2D eigenvalue weighted by atomic mass is 10.0. The number of hydrogen-bond acceptors (Lipinski definition) is 4. The first-order valence-corrected chi connectivity index (χ1v) is 8.70. The molecular weight excluding hydrogens is 286 g/mol. The summed E-state index contributed by atoms with van der Waals surface area (Å²) in [5, 5.41) is 2.65. The molecule has 1 atom stereocenters. The van der Waals surface area contributed by atoms with Gasteiger partial charge in [-0.1, -0.05) is 13.8 Å². The van der Waals surface area contributed by atoms with E-state index in [-0.39, 0.29) is 10.7 Å². The average Bonchev–Trinajstić information content (AvgIpc) is 2.55. The number of pyridine rings is 1. The molecule has 0 radical (unpaired) electrons. The van der Waals surface area contributed by atoms with Crippen LogP contribution in [0.2, 0.25) is 0 Å². The third-order valence-corrected chi connectivity index (χ3v) is 6.58. The summed E-state index contributed by atoms with van der Waals surface area (Å²) in [6, 6.07) is 3.55. The Kier molecular flexibility index (Phi) is 4.98. The molecule has 1 aromatic heterocycles. The van der Waals surface area contributed by atoms with Gasteiger partial charge in [0.1, 0.15) is 5.82 Å². The van der Waals surface area contributed by atoms with Crippen molar-refractivity contribution >= 4 is 22.5 Å². The average molecular weight is 309 g/mol. The van der Waals surface area contributed by atoms with Gasteiger partial charge in [-0.25, -0.2) is 4.98 Å². The summed E-state index contributed by atoms with van der Waals surface area (Å²) < 4.78 is 12.2. The maximum absolute atomic E-state index is 12.4. The Morgan fingerprint density at radius 1 is 1.48 bits per heavy atom. The number of rotatable bonds is 4. The van der Waals surface area contributed by atoms with Gasteiger partial charge in [0.2, 0.25) is 0 Å². The third kappa shape index (κ3) is 2.95. The molecule has 116 valence electrons. The smallest absolute Gasteiger partial charge is 0.254 e. The molecule has 1 amide bonds. The molecule has 1 N–H and O–H groups in total. The molecule has 1 aliphatic rings. The molecule has 0 aliphatic carbocycles. The standard InChI is InChI=1S/C15H23N3O2S/c1-4-15(5-2)11-18(9-10-21(15)20)13-12(14(19)16-3)7-6-8-17-13/h6-8H,4-5,9-11H2,1-3H3,(H,16,19). The van der Waals surface area contributed by atoms with Gasteiger partial charge < -0.3 is 10.2 Å². The Bertz CT molecular complexity index is 543. The van der Waals surface area contributed by atoms with Crippen LogP contribution >= 0.6 is 0 Å². The molecule has 1 fully saturated rings. The van der Waals surface area contributed by atoms with Gasteiger partial charge in [-0.15, -0.1) is 0 Å². The number of aromatic nitrogens is 1. The molecule has 1 aromatic rings. The van der Waals surface area contributed by atoms with E-state index >= 15 is 0 Å². The van der Waals surface area contributed by atoms with Crippen molar-refractivity contribution < 1.29 is 9.00 Å². The Balaban J connectivity index is 2.35. The maximum Gasteiger partial charge on any atom is 0.254 e. The highest BCUT2D eigenvalue weighted by molar-refractivity contribution is 7.86. The van der Waals surface area contributed by atoms with Crippen LogP contribution in [0.4, 0.5) is 5.82 Å². The van der Waals surface area contributed by atoms with Gasteiger partial charge in [0.05, 0.1) is 10.3 Å². The SMILES string of the molecule is CCC1(CC)CN(c2ncccc2C(=O)NC)CCS1=O. The summed E-state index contributed by atoms with van der Waals surface area (Å²) in [6.07, 6.45) is 3.44. The largest absolute Gasteiger partial charge is 0.355 e. The topological polar surface area (TPSA) is 62.3 Å². The van der Waals surface area contributed by atoms with Crippen molar-refractivity contribution in [2.24, 2.45) is 0 Å². The second-order valence-electron chi connectivity index (χ2n) is 5.32. The molecule has 6 heteroatoms. The van der Waals surface area contributed by atoms with Crippen LogP contribution in [-0.2, 0) is 10.8 Å². The molecule has 2 heterocycles. The summed E-state index contributed by atoms with van der Waals surface area (Å²) in [6.45, 7) is 5.54. The van der Waals surface area contributed by atoms with Gasteiger partial charge in [0.15, 0.2) is 0 Å². The van der Waals surface area contributed by atoms with E-state index in [2.05, 4.69) is 29.0 Å². The van der Waals surface area contributed by atoms with Crippen molar-refractivity contribution in [1.82, 2.24) is 10.3 Å². The lowest BCUT2D eigenvalue weighted by molar-refractivity contribution is 0.0963. The van der Waals surface area contributed by atoms with Crippen LogP contribution < -0.4 is 10.2 Å². The maximum atomic E-state index is 12.4. The minimum absolute atomic E-state index is 0.136. The van der Waals surface area contributed by atoms with E-state index in [1.54, 1.807) is 25.4 Å². The highest BCUT2D eigenvalue weighted by Gasteiger charge is 2.39. The molecule has 21 heavy (non-hydrogen) atoms. The zero-order valence-electron chi connectivity index (χ0n) is 12.9. The van der Waals surface area contributed by atoms with E-state index in [4.69, 9.17) is 0 Å². The third-order valence-electron chi connectivity index (χ3n) is 4.36. The van der Waals surface area contributed by atoms with E-state index in [1.807, 2.05) is 0 Å². The predicted molar refractivity (Wildman–Crippen MR) is 86.2 cm³/mol. The van der Waals surface area contributed by atoms with Gasteiger partial charge in [-0.2, -0.15) is 0 Å². The molecule has 1 aliphatic heterocycles. The number of nitrogens with one attached hydrogen (secondary N) is 1. The number of nitrogens with zero attached hydrogens (tertiary/aromatic N) is 2. The Hall–Kier alpha value is -1.43. The highest BCUT2D eigenvalue weighted by Crippen LogP contribution is 2.31. The van der Waals surface area contributed by atoms with Crippen molar-refractivity contribution in [3.05, 3.63) is 23.9 Å². The normalized spacial score (nSPS) is 21.1. The van der Waals surface area contributed by atoms with Crippen LogP contribution in [0.25, 0.3) is 0 Å². The van der Waals surface area contributed by atoms with Gasteiger partial charge >= 0.3 is 0 Å². The molecule has 0 aromatic carbocycles. The highest BCUT2D eigenvalue weighted by atomic mass is 32.2. The molecule has 2 rings (SSSR count). The number of carbonyl (C=O) groups is 1. The first kappa shape index (κ1) is 15.9. The summed E-state index contributed by atoms with van der Waals surface area (Å²) in [7, 11) is 0.798. The van der Waals surface area contributed by atoms with E-state index in [0.717, 1.165) is 12.8 Å². The minimum Gasteiger partial charge on any atom is -0.355 e. The van der Waals surface area contributed by atoms with Gasteiger partial charge in [0.25, 0.3) is 5.91 Å². The van der Waals surface area contributed by atoms with Crippen molar-refractivity contribution in [2.75, 3.05) is 30.8 Å². The molecule has 1 saturated heterocycles. The minimum atomic E-state index is -0.820. The van der Waals surface area contributed by atoms with E-state index in [0.29, 0.717) is 30.2 Å². The van der Waals surface area contributed by atoms with Crippen LogP contribution in [0.1, 0.15) is 37.0 Å². The van der Waals surface area contributed by atoms with Gasteiger partial charge in [-0.3, -0.25) is 9.00 Å². The molecule has 0 spiro atoms. The fraction of sp³-hybridized carbons (Fsp3) is 0.600. The first-order chi connectivity index (χ1) is 10.1. The molecule has 0 bridgehead atoms. The van der Waals surface area contributed by atoms with Gasteiger partial charge in [0, 0.05) is 42.9 Å². The van der Waals surface area contributed by atoms with Crippen molar-refractivity contribution in [3.8, 4) is 0 Å². The molecule has 0 saturated carbocycles. The lowest BCUT2D eigenvalue weighted by Gasteiger charge is -2.42. The zero-order chi connectivity index (χ0) is 15.5. The van der Waals surface area contributed by atoms with Gasteiger partial charge in [-0.05, 0) is 25.0 Å². The molecule has 1 unspecified atom stereocenters. The van der Waals surface area contributed by atoms with Crippen LogP contribution in [0, 0.1) is 0 Å². The number of hydrogen-bond donors (Lipinski definition) is 1. The summed E-state index contributed by atoms with van der Waals surface area (Å²) in [5.74, 6) is 1.19. The number of amides is 1. The number of carbonyl (C=O) groups excluding carboxylic acids is 1. The lowest BCUT2D eigenvalue weighted by Crippen LogP contribution is -2.53. The summed E-state index contributed by atoms with van der Waals surface area (Å²) >= 11 is 0. The van der Waals surface area contributed by atoms with E-state index in [1.165, 1.54) is 0 Å². The fourth-order valence-electron chi connectivity index (χ4n) is 2.85. The van der Waals surface area contributed by atoms with Crippen LogP contribution in [0.5, 0.6) is 0 Å². The monoisotopic (exact) mass is 309 g/mol. The predicted octanol–water partition coefficient (Wildman–Crippen LogP) is 1.57. The van der Waals surface area contributed by atoms with E-state index < -0.39 is 10.8 Å². The second kappa shape index (κ2) is 6.56. The number of anilines is 1. The van der Waals surface area contributed by atoms with Crippen molar-refractivity contribution in [1.29, 1.82) is 0 Å². The Morgan fingerprint density at radius 2 is 2.19 bits per heavy atom. The van der Waals surface area contributed by atoms with Crippen molar-refractivity contribution in [2.45, 2.75) is 31.4 Å². The molecular formula is C15H23N3O2S.